The summed E-state index contributed by atoms with van der Waals surface area (Å²) < 4.78 is 0. The van der Waals surface area contributed by atoms with Crippen molar-refractivity contribution in [3.63, 3.8) is 0 Å². The van der Waals surface area contributed by atoms with Crippen LogP contribution in [0.25, 0.3) is 0 Å². The number of halogens is 1. The molecular formula is C10H16ClN3O. The fourth-order valence-electron chi connectivity index (χ4n) is 1.12. The number of anilines is 1. The van der Waals surface area contributed by atoms with Gasteiger partial charge in [0.2, 0.25) is 5.95 Å². The molecule has 1 heterocycles. The number of hydrogen-bond acceptors (Lipinski definition) is 4. The summed E-state index contributed by atoms with van der Waals surface area (Å²) in [6.45, 7) is 5.81. The lowest BCUT2D eigenvalue weighted by atomic mass is 10.2. The van der Waals surface area contributed by atoms with Gasteiger partial charge in [-0.25, -0.2) is 9.97 Å². The number of nitrogens with one attached hydrogen (secondary N) is 1. The minimum atomic E-state index is -0.0248. The van der Waals surface area contributed by atoms with Gasteiger partial charge in [0, 0.05) is 11.3 Å². The average molecular weight is 230 g/mol. The van der Waals surface area contributed by atoms with Crippen LogP contribution in [0.5, 0.6) is 0 Å². The first-order valence-corrected chi connectivity index (χ1v) is 5.34. The molecule has 15 heavy (non-hydrogen) atoms. The molecule has 1 atom stereocenters. The van der Waals surface area contributed by atoms with Crippen LogP contribution in [-0.2, 0) is 0 Å². The minimum absolute atomic E-state index is 0.0248. The molecule has 0 aromatic carbocycles. The largest absolute Gasteiger partial charge is 0.394 e. The third-order valence-corrected chi connectivity index (χ3v) is 2.74. The summed E-state index contributed by atoms with van der Waals surface area (Å²) in [4.78, 5) is 8.35. The van der Waals surface area contributed by atoms with Crippen LogP contribution in [0, 0.1) is 13.8 Å². The second-order valence-electron chi connectivity index (χ2n) is 3.48. The Bertz CT molecular complexity index is 316. The van der Waals surface area contributed by atoms with Crippen LogP contribution >= 0.6 is 11.6 Å². The quantitative estimate of drug-likeness (QED) is 0.775. The van der Waals surface area contributed by atoms with Gasteiger partial charge < -0.3 is 10.4 Å². The lowest BCUT2D eigenvalue weighted by Gasteiger charge is -2.14. The number of nitrogens with zero attached hydrogens (tertiary/aromatic N) is 2. The highest BCUT2D eigenvalue weighted by molar-refractivity contribution is 6.30. The summed E-state index contributed by atoms with van der Waals surface area (Å²) in [5, 5.41) is 12.5. The van der Waals surface area contributed by atoms with Gasteiger partial charge in [-0.1, -0.05) is 18.5 Å². The van der Waals surface area contributed by atoms with E-state index in [4.69, 9.17) is 16.7 Å². The molecule has 0 bridgehead atoms. The Morgan fingerprint density at radius 1 is 1.40 bits per heavy atom. The molecular weight excluding hydrogens is 214 g/mol. The van der Waals surface area contributed by atoms with Gasteiger partial charge in [-0.3, -0.25) is 0 Å². The molecule has 0 saturated carbocycles. The Balaban J connectivity index is 2.87. The Labute approximate surface area is 94.7 Å². The van der Waals surface area contributed by atoms with Gasteiger partial charge in [-0.15, -0.1) is 0 Å². The van der Waals surface area contributed by atoms with Gasteiger partial charge in [-0.05, 0) is 20.3 Å². The number of rotatable bonds is 4. The highest BCUT2D eigenvalue weighted by atomic mass is 35.5. The summed E-state index contributed by atoms with van der Waals surface area (Å²) in [7, 11) is 0. The summed E-state index contributed by atoms with van der Waals surface area (Å²) in [5.74, 6) is 0.476. The molecule has 1 rings (SSSR count). The third kappa shape index (κ3) is 3.04. The van der Waals surface area contributed by atoms with Crippen molar-refractivity contribution in [1.82, 2.24) is 9.97 Å². The van der Waals surface area contributed by atoms with Gasteiger partial charge in [0.15, 0.2) is 0 Å². The SMILES string of the molecule is CCC(CO)Nc1nc(C)c(C)c(Cl)n1. The zero-order chi connectivity index (χ0) is 11.4. The maximum Gasteiger partial charge on any atom is 0.224 e. The fraction of sp³-hybridized carbons (Fsp3) is 0.600. The lowest BCUT2D eigenvalue weighted by molar-refractivity contribution is 0.271. The summed E-state index contributed by atoms with van der Waals surface area (Å²) in [6, 6.07) is -0.0248. The van der Waals surface area contributed by atoms with Gasteiger partial charge >= 0.3 is 0 Å². The maximum absolute atomic E-state index is 9.03. The van der Waals surface area contributed by atoms with E-state index in [9.17, 15) is 0 Å². The molecule has 0 saturated heterocycles. The number of aliphatic hydroxyl groups excluding tert-OH is 1. The van der Waals surface area contributed by atoms with Crippen LogP contribution in [0.4, 0.5) is 5.95 Å². The van der Waals surface area contributed by atoms with E-state index in [0.29, 0.717) is 11.1 Å². The molecule has 1 aromatic rings. The Hall–Kier alpha value is -0.870. The van der Waals surface area contributed by atoms with Crippen molar-refractivity contribution < 1.29 is 5.11 Å². The molecule has 0 radical (unpaired) electrons. The van der Waals surface area contributed by atoms with E-state index in [0.717, 1.165) is 17.7 Å². The molecule has 1 unspecified atom stereocenters. The van der Waals surface area contributed by atoms with Gasteiger partial charge in [0.1, 0.15) is 5.15 Å². The first-order chi connectivity index (χ1) is 7.08. The summed E-state index contributed by atoms with van der Waals surface area (Å²) in [5.41, 5.74) is 1.74. The van der Waals surface area contributed by atoms with Crippen molar-refractivity contribution in [3.8, 4) is 0 Å². The monoisotopic (exact) mass is 229 g/mol. The zero-order valence-corrected chi connectivity index (χ0v) is 9.97. The van der Waals surface area contributed by atoms with Crippen LogP contribution in [-0.4, -0.2) is 27.7 Å². The van der Waals surface area contributed by atoms with Crippen molar-refractivity contribution in [2.45, 2.75) is 33.2 Å². The molecule has 1 aromatic heterocycles. The van der Waals surface area contributed by atoms with E-state index in [-0.39, 0.29) is 12.6 Å². The topological polar surface area (TPSA) is 58.0 Å². The molecule has 0 fully saturated rings. The number of aromatic nitrogens is 2. The van der Waals surface area contributed by atoms with Crippen molar-refractivity contribution in [1.29, 1.82) is 0 Å². The number of aryl methyl sites for hydroxylation is 1. The maximum atomic E-state index is 9.03. The molecule has 0 aliphatic carbocycles. The smallest absolute Gasteiger partial charge is 0.224 e. The normalized spacial score (nSPS) is 12.6. The summed E-state index contributed by atoms with van der Waals surface area (Å²) >= 11 is 5.94. The van der Waals surface area contributed by atoms with Crippen molar-refractivity contribution in [3.05, 3.63) is 16.4 Å². The second-order valence-corrected chi connectivity index (χ2v) is 3.84. The third-order valence-electron chi connectivity index (χ3n) is 2.38. The Morgan fingerprint density at radius 2 is 2.07 bits per heavy atom. The van der Waals surface area contributed by atoms with Gasteiger partial charge in [-0.2, -0.15) is 0 Å². The van der Waals surface area contributed by atoms with E-state index in [1.807, 2.05) is 20.8 Å². The van der Waals surface area contributed by atoms with Crippen molar-refractivity contribution in [2.75, 3.05) is 11.9 Å². The number of aliphatic hydroxyl groups is 1. The van der Waals surface area contributed by atoms with E-state index in [1.165, 1.54) is 0 Å². The van der Waals surface area contributed by atoms with Crippen molar-refractivity contribution in [2.24, 2.45) is 0 Å². The van der Waals surface area contributed by atoms with Crippen LogP contribution in [0.15, 0.2) is 0 Å². The molecule has 0 spiro atoms. The molecule has 0 aliphatic rings. The average Bonchev–Trinajstić information content (AvgIpc) is 2.22. The second kappa shape index (κ2) is 5.28. The highest BCUT2D eigenvalue weighted by Crippen LogP contribution is 2.17. The lowest BCUT2D eigenvalue weighted by Crippen LogP contribution is -2.24. The van der Waals surface area contributed by atoms with Crippen LogP contribution in [0.1, 0.15) is 24.6 Å². The van der Waals surface area contributed by atoms with E-state index in [1.54, 1.807) is 0 Å². The first kappa shape index (κ1) is 12.2. The number of hydrogen-bond donors (Lipinski definition) is 2. The predicted octanol–water partition coefficient (Wildman–Crippen LogP) is 1.93. The van der Waals surface area contributed by atoms with E-state index >= 15 is 0 Å². The van der Waals surface area contributed by atoms with Crippen molar-refractivity contribution >= 4 is 17.5 Å². The van der Waals surface area contributed by atoms with Gasteiger partial charge in [0.05, 0.1) is 12.6 Å². The van der Waals surface area contributed by atoms with E-state index in [2.05, 4.69) is 15.3 Å². The molecule has 5 heteroatoms. The Morgan fingerprint density at radius 3 is 2.53 bits per heavy atom. The van der Waals surface area contributed by atoms with Crippen LogP contribution < -0.4 is 5.32 Å². The van der Waals surface area contributed by atoms with Crippen LogP contribution in [0.2, 0.25) is 5.15 Å². The summed E-state index contributed by atoms with van der Waals surface area (Å²) in [6.07, 6.45) is 0.810. The molecule has 0 amide bonds. The predicted molar refractivity (Wildman–Crippen MR) is 61.3 cm³/mol. The molecule has 84 valence electrons. The molecule has 2 N–H and O–H groups in total. The standard InChI is InChI=1S/C10H16ClN3O/c1-4-8(5-15)13-10-12-7(3)6(2)9(11)14-10/h8,15H,4-5H2,1-3H3,(H,12,13,14). The zero-order valence-electron chi connectivity index (χ0n) is 9.21. The minimum Gasteiger partial charge on any atom is -0.394 e. The highest BCUT2D eigenvalue weighted by Gasteiger charge is 2.09. The van der Waals surface area contributed by atoms with Gasteiger partial charge in [0.25, 0.3) is 0 Å². The molecule has 0 aliphatic heterocycles. The Kier molecular flexibility index (Phi) is 4.29. The van der Waals surface area contributed by atoms with Crippen LogP contribution in [0.3, 0.4) is 0 Å². The first-order valence-electron chi connectivity index (χ1n) is 4.96. The fourth-order valence-corrected chi connectivity index (χ4v) is 1.33. The molecule has 4 nitrogen and oxygen atoms in total. The van der Waals surface area contributed by atoms with E-state index < -0.39 is 0 Å².